The molecule has 0 aliphatic heterocycles. The van der Waals surface area contributed by atoms with Crippen LogP contribution in [0.25, 0.3) is 0 Å². The smallest absolute Gasteiger partial charge is 0.119 e. The molecule has 0 saturated heterocycles. The van der Waals surface area contributed by atoms with Gasteiger partial charge in [0.15, 0.2) is 0 Å². The lowest BCUT2D eigenvalue weighted by Crippen LogP contribution is -2.39. The van der Waals surface area contributed by atoms with Crippen LogP contribution in [0.15, 0.2) is 36.9 Å². The van der Waals surface area contributed by atoms with Gasteiger partial charge in [0.1, 0.15) is 12.4 Å². The second-order valence-electron chi connectivity index (χ2n) is 5.46. The van der Waals surface area contributed by atoms with Crippen LogP contribution in [0, 0.1) is 5.92 Å². The fourth-order valence-corrected chi connectivity index (χ4v) is 2.80. The zero-order valence-corrected chi connectivity index (χ0v) is 12.1. The highest BCUT2D eigenvalue weighted by Crippen LogP contribution is 2.24. The van der Waals surface area contributed by atoms with Crippen LogP contribution in [0.3, 0.4) is 0 Å². The number of ether oxygens (including phenoxy) is 1. The number of aliphatic hydroxyl groups is 1. The molecule has 2 rings (SSSR count). The maximum atomic E-state index is 9.41. The molecule has 1 fully saturated rings. The van der Waals surface area contributed by atoms with E-state index in [1.54, 1.807) is 6.08 Å². The predicted molar refractivity (Wildman–Crippen MR) is 81.8 cm³/mol. The summed E-state index contributed by atoms with van der Waals surface area (Å²) in [6, 6.07) is 8.60. The summed E-state index contributed by atoms with van der Waals surface area (Å²) in [4.78, 5) is 0. The molecule has 0 radical (unpaired) electrons. The topological polar surface area (TPSA) is 41.5 Å². The molecule has 2 atom stereocenters. The highest BCUT2D eigenvalue weighted by molar-refractivity contribution is 5.27. The van der Waals surface area contributed by atoms with E-state index >= 15 is 0 Å². The Morgan fingerprint density at radius 1 is 1.25 bits per heavy atom. The van der Waals surface area contributed by atoms with E-state index in [0.29, 0.717) is 25.2 Å². The van der Waals surface area contributed by atoms with E-state index in [2.05, 4.69) is 24.0 Å². The van der Waals surface area contributed by atoms with Crippen molar-refractivity contribution < 1.29 is 9.84 Å². The van der Waals surface area contributed by atoms with Gasteiger partial charge in [0.2, 0.25) is 0 Å². The van der Waals surface area contributed by atoms with Crippen LogP contribution in [0.2, 0.25) is 0 Å². The van der Waals surface area contributed by atoms with Gasteiger partial charge in [-0.15, -0.1) is 0 Å². The largest absolute Gasteiger partial charge is 0.490 e. The van der Waals surface area contributed by atoms with Crippen molar-refractivity contribution >= 4 is 0 Å². The summed E-state index contributed by atoms with van der Waals surface area (Å²) in [7, 11) is 0. The average molecular weight is 275 g/mol. The van der Waals surface area contributed by atoms with Crippen LogP contribution in [0.4, 0.5) is 0 Å². The molecule has 0 bridgehead atoms. The predicted octanol–water partition coefficient (Wildman–Crippen LogP) is 2.89. The lowest BCUT2D eigenvalue weighted by atomic mass is 9.85. The van der Waals surface area contributed by atoms with Gasteiger partial charge in [-0.3, -0.25) is 0 Å². The molecule has 2 unspecified atom stereocenters. The van der Waals surface area contributed by atoms with Crippen LogP contribution >= 0.6 is 0 Å². The molecule has 3 nitrogen and oxygen atoms in total. The number of benzene rings is 1. The van der Waals surface area contributed by atoms with Gasteiger partial charge in [-0.1, -0.05) is 37.6 Å². The Morgan fingerprint density at radius 3 is 2.70 bits per heavy atom. The summed E-state index contributed by atoms with van der Waals surface area (Å²) in [5, 5.41) is 13.0. The first kappa shape index (κ1) is 15.1. The van der Waals surface area contributed by atoms with Crippen molar-refractivity contribution in [3.63, 3.8) is 0 Å². The van der Waals surface area contributed by atoms with Crippen molar-refractivity contribution in [2.24, 2.45) is 5.92 Å². The van der Waals surface area contributed by atoms with E-state index in [1.807, 2.05) is 12.1 Å². The van der Waals surface area contributed by atoms with Crippen molar-refractivity contribution in [3.8, 4) is 5.75 Å². The van der Waals surface area contributed by atoms with E-state index in [0.717, 1.165) is 18.7 Å². The van der Waals surface area contributed by atoms with Gasteiger partial charge in [0.05, 0.1) is 0 Å². The molecule has 20 heavy (non-hydrogen) atoms. The van der Waals surface area contributed by atoms with Crippen LogP contribution in [0.1, 0.15) is 31.2 Å². The number of aliphatic hydroxyl groups excluding tert-OH is 1. The SMILES string of the molecule is C=CCOc1ccc(CNC2CCCCC2CO)cc1. The molecule has 1 aliphatic carbocycles. The van der Waals surface area contributed by atoms with Crippen molar-refractivity contribution in [1.29, 1.82) is 0 Å². The van der Waals surface area contributed by atoms with E-state index in [1.165, 1.54) is 24.8 Å². The van der Waals surface area contributed by atoms with Crippen molar-refractivity contribution in [1.82, 2.24) is 5.32 Å². The molecular formula is C17H25NO2. The minimum absolute atomic E-state index is 0.298. The van der Waals surface area contributed by atoms with Crippen molar-refractivity contribution in [2.75, 3.05) is 13.2 Å². The first-order valence-corrected chi connectivity index (χ1v) is 7.50. The first-order valence-electron chi connectivity index (χ1n) is 7.50. The van der Waals surface area contributed by atoms with E-state index in [-0.39, 0.29) is 0 Å². The summed E-state index contributed by atoms with van der Waals surface area (Å²) in [6.07, 6.45) is 6.57. The molecule has 3 heteroatoms. The van der Waals surface area contributed by atoms with Gasteiger partial charge >= 0.3 is 0 Å². The highest BCUT2D eigenvalue weighted by atomic mass is 16.5. The minimum atomic E-state index is 0.298. The normalized spacial score (nSPS) is 22.4. The fraction of sp³-hybridized carbons (Fsp3) is 0.529. The monoisotopic (exact) mass is 275 g/mol. The zero-order valence-electron chi connectivity index (χ0n) is 12.1. The quantitative estimate of drug-likeness (QED) is 0.752. The van der Waals surface area contributed by atoms with Crippen LogP contribution < -0.4 is 10.1 Å². The molecule has 1 aliphatic rings. The van der Waals surface area contributed by atoms with Gasteiger partial charge in [-0.2, -0.15) is 0 Å². The third kappa shape index (κ3) is 4.36. The minimum Gasteiger partial charge on any atom is -0.490 e. The Morgan fingerprint density at radius 2 is 2.00 bits per heavy atom. The number of hydrogen-bond acceptors (Lipinski definition) is 3. The highest BCUT2D eigenvalue weighted by Gasteiger charge is 2.23. The summed E-state index contributed by atoms with van der Waals surface area (Å²) >= 11 is 0. The number of hydrogen-bond donors (Lipinski definition) is 2. The standard InChI is InChI=1S/C17H25NO2/c1-2-11-20-16-9-7-14(8-10-16)12-18-17-6-4-3-5-15(17)13-19/h2,7-10,15,17-19H,1,3-6,11-13H2. The molecule has 110 valence electrons. The summed E-state index contributed by atoms with van der Waals surface area (Å²) in [6.45, 7) is 5.32. The third-order valence-corrected chi connectivity index (χ3v) is 4.00. The number of rotatable bonds is 7. The average Bonchev–Trinajstić information content (AvgIpc) is 2.52. The maximum Gasteiger partial charge on any atom is 0.119 e. The second-order valence-corrected chi connectivity index (χ2v) is 5.46. The van der Waals surface area contributed by atoms with E-state index in [9.17, 15) is 5.11 Å². The molecule has 1 aromatic rings. The summed E-state index contributed by atoms with van der Waals surface area (Å²) < 4.78 is 5.47. The summed E-state index contributed by atoms with van der Waals surface area (Å²) in [5.41, 5.74) is 1.25. The second kappa shape index (κ2) is 8.08. The molecule has 0 amide bonds. The van der Waals surface area contributed by atoms with Crippen LogP contribution in [-0.2, 0) is 6.54 Å². The Bertz CT molecular complexity index is 402. The maximum absolute atomic E-state index is 9.41. The Hall–Kier alpha value is -1.32. The fourth-order valence-electron chi connectivity index (χ4n) is 2.80. The van der Waals surface area contributed by atoms with Gasteiger partial charge in [0, 0.05) is 19.2 Å². The van der Waals surface area contributed by atoms with E-state index in [4.69, 9.17) is 4.74 Å². The van der Waals surface area contributed by atoms with Crippen LogP contribution in [0.5, 0.6) is 5.75 Å². The first-order chi connectivity index (χ1) is 9.83. The number of nitrogens with one attached hydrogen (secondary N) is 1. The molecule has 0 spiro atoms. The summed E-state index contributed by atoms with van der Waals surface area (Å²) in [5.74, 6) is 1.29. The Kier molecular flexibility index (Phi) is 6.09. The molecular weight excluding hydrogens is 250 g/mol. The van der Waals surface area contributed by atoms with Crippen molar-refractivity contribution in [3.05, 3.63) is 42.5 Å². The molecule has 2 N–H and O–H groups in total. The zero-order chi connectivity index (χ0) is 14.2. The third-order valence-electron chi connectivity index (χ3n) is 4.00. The molecule has 0 aromatic heterocycles. The van der Waals surface area contributed by atoms with Crippen molar-refractivity contribution in [2.45, 2.75) is 38.3 Å². The van der Waals surface area contributed by atoms with Gasteiger partial charge < -0.3 is 15.2 Å². The van der Waals surface area contributed by atoms with Gasteiger partial charge in [-0.05, 0) is 36.5 Å². The molecule has 0 heterocycles. The lowest BCUT2D eigenvalue weighted by molar-refractivity contribution is 0.152. The lowest BCUT2D eigenvalue weighted by Gasteiger charge is -2.31. The van der Waals surface area contributed by atoms with Crippen LogP contribution in [-0.4, -0.2) is 24.4 Å². The Balaban J connectivity index is 1.82. The molecule has 1 aromatic carbocycles. The molecule has 1 saturated carbocycles. The van der Waals surface area contributed by atoms with E-state index < -0.39 is 0 Å². The Labute approximate surface area is 121 Å². The van der Waals surface area contributed by atoms with Gasteiger partial charge in [-0.25, -0.2) is 0 Å². The van der Waals surface area contributed by atoms with Gasteiger partial charge in [0.25, 0.3) is 0 Å².